The molecule has 5 aliphatic rings. The van der Waals surface area contributed by atoms with Crippen LogP contribution in [-0.2, 0) is 23.8 Å². The second-order valence-corrected chi connectivity index (χ2v) is 10.7. The maximum absolute atomic E-state index is 12.8. The molecule has 0 aromatic rings. The highest BCUT2D eigenvalue weighted by Crippen LogP contribution is 2.67. The predicted octanol–water partition coefficient (Wildman–Crippen LogP) is 4.64. The van der Waals surface area contributed by atoms with Crippen molar-refractivity contribution in [3.8, 4) is 0 Å². The summed E-state index contributed by atoms with van der Waals surface area (Å²) in [7, 11) is 0. The summed E-state index contributed by atoms with van der Waals surface area (Å²) in [5, 5.41) is 0. The van der Waals surface area contributed by atoms with Crippen LogP contribution in [0.3, 0.4) is 0 Å². The van der Waals surface area contributed by atoms with Crippen molar-refractivity contribution in [1.29, 1.82) is 0 Å². The lowest BCUT2D eigenvalue weighted by Gasteiger charge is -2.34. The van der Waals surface area contributed by atoms with E-state index in [1.807, 2.05) is 0 Å². The number of rotatable bonds is 6. The third kappa shape index (κ3) is 3.72. The summed E-state index contributed by atoms with van der Waals surface area (Å²) < 4.78 is 17.2. The van der Waals surface area contributed by atoms with E-state index in [-0.39, 0.29) is 36.9 Å². The van der Waals surface area contributed by atoms with Crippen LogP contribution >= 0.6 is 0 Å². The molecule has 5 rings (SSSR count). The van der Waals surface area contributed by atoms with Crippen molar-refractivity contribution < 1.29 is 23.8 Å². The molecule has 8 unspecified atom stereocenters. The maximum Gasteiger partial charge on any atom is 0.333 e. The Kier molecular flexibility index (Phi) is 5.68. The average molecular weight is 417 g/mol. The normalized spacial score (nSPS) is 42.0. The quantitative estimate of drug-likeness (QED) is 0.273. The summed E-state index contributed by atoms with van der Waals surface area (Å²) in [6.07, 6.45) is 11.6. The van der Waals surface area contributed by atoms with Crippen LogP contribution in [0.15, 0.2) is 12.2 Å². The number of carbonyl (C=O) groups excluding carboxylic acids is 2. The Hall–Kier alpha value is -1.36. The molecule has 0 radical (unpaired) electrons. The van der Waals surface area contributed by atoms with Crippen molar-refractivity contribution in [3.05, 3.63) is 12.2 Å². The molecule has 5 nitrogen and oxygen atoms in total. The molecule has 0 aliphatic heterocycles. The van der Waals surface area contributed by atoms with Gasteiger partial charge in [0.15, 0.2) is 6.79 Å². The van der Waals surface area contributed by atoms with E-state index in [0.717, 1.165) is 38.0 Å². The van der Waals surface area contributed by atoms with Crippen molar-refractivity contribution in [2.24, 2.45) is 41.4 Å². The molecule has 0 saturated heterocycles. The van der Waals surface area contributed by atoms with Crippen LogP contribution in [0.1, 0.15) is 71.1 Å². The smallest absolute Gasteiger partial charge is 0.333 e. The van der Waals surface area contributed by atoms with E-state index >= 15 is 0 Å². The summed E-state index contributed by atoms with van der Waals surface area (Å²) in [6, 6.07) is 0. The van der Waals surface area contributed by atoms with Gasteiger partial charge < -0.3 is 14.2 Å². The zero-order valence-corrected chi connectivity index (χ0v) is 18.2. The second-order valence-electron chi connectivity index (χ2n) is 10.7. The Morgan fingerprint density at radius 1 is 0.900 bits per heavy atom. The molecular weight excluding hydrogens is 380 g/mol. The Morgan fingerprint density at radius 2 is 1.60 bits per heavy atom. The standard InChI is InChI=1S/C25H36O5/c1-14(2)24(26)30-21-12-17-11-20(21)23-16-8-15(22(17)23)9-18(10-16)25(27)29-13-28-19-6-4-3-5-7-19/h15-23H,1,3-13H2,2H3. The minimum absolute atomic E-state index is 0.0186. The largest absolute Gasteiger partial charge is 0.459 e. The van der Waals surface area contributed by atoms with Gasteiger partial charge in [-0.25, -0.2) is 4.79 Å². The second kappa shape index (κ2) is 8.29. The summed E-state index contributed by atoms with van der Waals surface area (Å²) in [5.41, 5.74) is 0.484. The first-order chi connectivity index (χ1) is 14.5. The topological polar surface area (TPSA) is 61.8 Å². The van der Waals surface area contributed by atoms with Crippen LogP contribution < -0.4 is 0 Å². The lowest BCUT2D eigenvalue weighted by Crippen LogP contribution is -2.35. The van der Waals surface area contributed by atoms with E-state index in [1.165, 1.54) is 32.1 Å². The monoisotopic (exact) mass is 416 g/mol. The van der Waals surface area contributed by atoms with Gasteiger partial charge in [-0.2, -0.15) is 0 Å². The number of esters is 2. The molecule has 166 valence electrons. The molecule has 4 bridgehead atoms. The lowest BCUT2D eigenvalue weighted by atomic mass is 9.75. The maximum atomic E-state index is 12.8. The van der Waals surface area contributed by atoms with Crippen LogP contribution in [0, 0.1) is 41.4 Å². The summed E-state index contributed by atoms with van der Waals surface area (Å²) >= 11 is 0. The number of hydrogen-bond donors (Lipinski definition) is 0. The van der Waals surface area contributed by atoms with Crippen molar-refractivity contribution in [2.75, 3.05) is 6.79 Å². The Morgan fingerprint density at radius 3 is 2.33 bits per heavy atom. The van der Waals surface area contributed by atoms with Crippen molar-refractivity contribution in [2.45, 2.75) is 83.3 Å². The van der Waals surface area contributed by atoms with Gasteiger partial charge in [0.25, 0.3) is 0 Å². The Balaban J connectivity index is 1.15. The first-order valence-electron chi connectivity index (χ1n) is 12.2. The van der Waals surface area contributed by atoms with Crippen molar-refractivity contribution in [1.82, 2.24) is 0 Å². The highest BCUT2D eigenvalue weighted by atomic mass is 16.7. The summed E-state index contributed by atoms with van der Waals surface area (Å²) in [5.74, 6) is 3.40. The van der Waals surface area contributed by atoms with Crippen molar-refractivity contribution >= 4 is 11.9 Å². The van der Waals surface area contributed by atoms with Gasteiger partial charge in [-0.15, -0.1) is 0 Å². The highest BCUT2D eigenvalue weighted by Gasteiger charge is 2.63. The molecule has 0 aromatic heterocycles. The minimum atomic E-state index is -0.246. The molecule has 0 heterocycles. The Labute approximate surface area is 179 Å². The molecule has 5 heteroatoms. The third-order valence-electron chi connectivity index (χ3n) is 8.94. The highest BCUT2D eigenvalue weighted by molar-refractivity contribution is 5.87. The van der Waals surface area contributed by atoms with Gasteiger partial charge >= 0.3 is 11.9 Å². The Bertz CT molecular complexity index is 696. The van der Waals surface area contributed by atoms with Crippen LogP contribution in [0.5, 0.6) is 0 Å². The summed E-state index contributed by atoms with van der Waals surface area (Å²) in [4.78, 5) is 24.8. The zero-order valence-electron chi connectivity index (χ0n) is 18.2. The first kappa shape index (κ1) is 20.5. The van der Waals surface area contributed by atoms with Crippen LogP contribution in [0.2, 0.25) is 0 Å². The van der Waals surface area contributed by atoms with Gasteiger partial charge in [-0.05, 0) is 87.4 Å². The number of hydrogen-bond acceptors (Lipinski definition) is 5. The fraction of sp³-hybridized carbons (Fsp3) is 0.840. The molecule has 8 atom stereocenters. The van der Waals surface area contributed by atoms with Crippen LogP contribution in [0.4, 0.5) is 0 Å². The molecule has 5 saturated carbocycles. The summed E-state index contributed by atoms with van der Waals surface area (Å²) in [6.45, 7) is 5.56. The van der Waals surface area contributed by atoms with Crippen LogP contribution in [-0.4, -0.2) is 30.9 Å². The SMILES string of the molecule is C=C(C)C(=O)OC1CC2CC1C1C3CC(C(=O)OCOC4CCCCC4)CC(C3)C21. The van der Waals surface area contributed by atoms with Gasteiger partial charge in [0.1, 0.15) is 6.10 Å². The number of fused-ring (bicyclic) bond motifs is 9. The number of ether oxygens (including phenoxy) is 3. The van der Waals surface area contributed by atoms with Gasteiger partial charge in [-0.1, -0.05) is 25.8 Å². The van der Waals surface area contributed by atoms with E-state index in [0.29, 0.717) is 35.2 Å². The van der Waals surface area contributed by atoms with Crippen molar-refractivity contribution in [3.63, 3.8) is 0 Å². The average Bonchev–Trinajstić information content (AvgIpc) is 3.39. The molecular formula is C25H36O5. The number of carbonyl (C=O) groups is 2. The molecule has 0 aromatic carbocycles. The van der Waals surface area contributed by atoms with Gasteiger partial charge in [0.2, 0.25) is 0 Å². The van der Waals surface area contributed by atoms with E-state index in [9.17, 15) is 9.59 Å². The zero-order chi connectivity index (χ0) is 20.8. The van der Waals surface area contributed by atoms with E-state index in [2.05, 4.69) is 6.58 Å². The van der Waals surface area contributed by atoms with E-state index in [1.54, 1.807) is 6.92 Å². The molecule has 5 aliphatic carbocycles. The third-order valence-corrected chi connectivity index (χ3v) is 8.94. The van der Waals surface area contributed by atoms with E-state index in [4.69, 9.17) is 14.2 Å². The first-order valence-corrected chi connectivity index (χ1v) is 12.2. The molecule has 0 N–H and O–H groups in total. The lowest BCUT2D eigenvalue weighted by molar-refractivity contribution is -0.169. The predicted molar refractivity (Wildman–Crippen MR) is 111 cm³/mol. The minimum Gasteiger partial charge on any atom is -0.459 e. The van der Waals surface area contributed by atoms with E-state index < -0.39 is 0 Å². The molecule has 0 spiro atoms. The molecule has 0 amide bonds. The fourth-order valence-corrected chi connectivity index (χ4v) is 7.89. The fourth-order valence-electron chi connectivity index (χ4n) is 7.89. The van der Waals surface area contributed by atoms with Crippen LogP contribution in [0.25, 0.3) is 0 Å². The molecule has 5 fully saturated rings. The van der Waals surface area contributed by atoms with Gasteiger partial charge in [-0.3, -0.25) is 4.79 Å². The van der Waals surface area contributed by atoms with Gasteiger partial charge in [0, 0.05) is 5.57 Å². The molecule has 30 heavy (non-hydrogen) atoms. The van der Waals surface area contributed by atoms with Gasteiger partial charge in [0.05, 0.1) is 12.0 Å².